The Morgan fingerprint density at radius 2 is 1.28 bits per heavy atom. The molecule has 0 saturated carbocycles. The number of nitriles is 1. The highest BCUT2D eigenvalue weighted by atomic mass is 33.1. The average Bonchev–Trinajstić information content (AvgIpc) is 2.67. The largest absolute Gasteiger partial charge is 0.334 e. The van der Waals surface area contributed by atoms with Gasteiger partial charge in [-0.1, -0.05) is 94.7 Å². The van der Waals surface area contributed by atoms with Gasteiger partial charge in [0.05, 0.1) is 25.7 Å². The van der Waals surface area contributed by atoms with Crippen LogP contribution in [0.4, 0.5) is 0 Å². The summed E-state index contributed by atoms with van der Waals surface area (Å²) in [7, 11) is 3.19. The Labute approximate surface area is 191 Å². The van der Waals surface area contributed by atoms with Crippen molar-refractivity contribution >= 4 is 30.0 Å². The number of hydrogen-bond donors (Lipinski definition) is 0. The van der Waals surface area contributed by atoms with E-state index in [-0.39, 0.29) is 0 Å². The van der Waals surface area contributed by atoms with E-state index in [4.69, 9.17) is 14.3 Å². The van der Waals surface area contributed by atoms with E-state index in [0.29, 0.717) is 30.5 Å². The molecule has 0 N–H and O–H groups in total. The van der Waals surface area contributed by atoms with Crippen molar-refractivity contribution in [3.05, 3.63) is 0 Å². The van der Waals surface area contributed by atoms with Gasteiger partial charge in [0, 0.05) is 17.2 Å². The first-order chi connectivity index (χ1) is 14.0. The molecule has 0 aromatic heterocycles. The normalized spacial score (nSPS) is 12.8. The molecule has 1 unspecified atom stereocenters. The summed E-state index contributed by atoms with van der Waals surface area (Å²) in [4.78, 5) is 0. The molecule has 0 aromatic rings. The Hall–Kier alpha value is 0.540. The summed E-state index contributed by atoms with van der Waals surface area (Å²) in [5.74, 6) is 3.64. The molecule has 0 aliphatic rings. The summed E-state index contributed by atoms with van der Waals surface area (Å²) in [6, 6.07) is 2.17. The Morgan fingerprint density at radius 3 is 1.79 bits per heavy atom. The van der Waals surface area contributed by atoms with E-state index >= 15 is 0 Å². The number of nitrogens with zero attached hydrogens (tertiary/aromatic N) is 1. The molecule has 172 valence electrons. The van der Waals surface area contributed by atoms with Crippen LogP contribution in [-0.4, -0.2) is 30.4 Å². The van der Waals surface area contributed by atoms with Crippen LogP contribution in [0.1, 0.15) is 98.8 Å². The van der Waals surface area contributed by atoms with E-state index in [1.54, 1.807) is 0 Å². The zero-order valence-corrected chi connectivity index (χ0v) is 22.2. The summed E-state index contributed by atoms with van der Waals surface area (Å²) >= 11 is 0. The van der Waals surface area contributed by atoms with Crippen molar-refractivity contribution in [1.82, 2.24) is 0 Å². The Bertz CT molecular complexity index is 384. The minimum absolute atomic E-state index is 0.430. The zero-order valence-electron chi connectivity index (χ0n) is 19.7. The SMILES string of the molecule is CCCCCCCSSCCCCCCOP(OCCC#N)C(C(C)C)C(C)C. The van der Waals surface area contributed by atoms with Crippen molar-refractivity contribution in [2.24, 2.45) is 11.8 Å². The lowest BCUT2D eigenvalue weighted by Gasteiger charge is -2.31. The van der Waals surface area contributed by atoms with Gasteiger partial charge in [0.2, 0.25) is 0 Å². The van der Waals surface area contributed by atoms with E-state index in [9.17, 15) is 0 Å². The molecule has 1 atom stereocenters. The quantitative estimate of drug-likeness (QED) is 0.0966. The van der Waals surface area contributed by atoms with Crippen LogP contribution < -0.4 is 0 Å². The lowest BCUT2D eigenvalue weighted by Crippen LogP contribution is -2.23. The molecular weight excluding hydrogens is 417 g/mol. The van der Waals surface area contributed by atoms with Gasteiger partial charge in [-0.2, -0.15) is 5.26 Å². The van der Waals surface area contributed by atoms with Crippen LogP contribution in [-0.2, 0) is 9.05 Å². The van der Waals surface area contributed by atoms with Crippen molar-refractivity contribution < 1.29 is 9.05 Å². The first-order valence-electron chi connectivity index (χ1n) is 11.7. The maximum Gasteiger partial charge on any atom is 0.174 e. The lowest BCUT2D eigenvalue weighted by atomic mass is 10.00. The summed E-state index contributed by atoms with van der Waals surface area (Å²) in [6.07, 6.45) is 12.3. The molecule has 0 aliphatic carbocycles. The molecule has 0 bridgehead atoms. The van der Waals surface area contributed by atoms with Crippen LogP contribution >= 0.6 is 30.0 Å². The molecule has 0 aromatic carbocycles. The third kappa shape index (κ3) is 17.9. The van der Waals surface area contributed by atoms with Gasteiger partial charge < -0.3 is 9.05 Å². The molecule has 0 amide bonds. The summed E-state index contributed by atoms with van der Waals surface area (Å²) in [6.45, 7) is 12.5. The maximum atomic E-state index is 8.78. The molecule has 0 fully saturated rings. The Kier molecular flexibility index (Phi) is 22.2. The van der Waals surface area contributed by atoms with Crippen molar-refractivity contribution in [1.29, 1.82) is 5.26 Å². The molecule has 0 heterocycles. The zero-order chi connectivity index (χ0) is 21.7. The Morgan fingerprint density at radius 1 is 0.759 bits per heavy atom. The van der Waals surface area contributed by atoms with Crippen molar-refractivity contribution in [3.8, 4) is 6.07 Å². The second-order valence-corrected chi connectivity index (χ2v) is 12.7. The smallest absolute Gasteiger partial charge is 0.174 e. The van der Waals surface area contributed by atoms with Crippen molar-refractivity contribution in [2.75, 3.05) is 24.7 Å². The summed E-state index contributed by atoms with van der Waals surface area (Å²) < 4.78 is 12.2. The van der Waals surface area contributed by atoms with Gasteiger partial charge in [0.25, 0.3) is 0 Å². The molecule has 3 nitrogen and oxygen atoms in total. The number of unbranched alkanes of at least 4 members (excludes halogenated alkanes) is 7. The third-order valence-electron chi connectivity index (χ3n) is 4.80. The molecule has 0 aliphatic heterocycles. The van der Waals surface area contributed by atoms with Crippen LogP contribution in [0.5, 0.6) is 0 Å². The minimum Gasteiger partial charge on any atom is -0.334 e. The van der Waals surface area contributed by atoms with Gasteiger partial charge in [-0.25, -0.2) is 0 Å². The molecule has 0 rings (SSSR count). The van der Waals surface area contributed by atoms with E-state index < -0.39 is 8.38 Å². The van der Waals surface area contributed by atoms with E-state index in [1.807, 2.05) is 10.8 Å². The second-order valence-electron chi connectivity index (χ2n) is 8.31. The van der Waals surface area contributed by atoms with Gasteiger partial charge in [-0.15, -0.1) is 0 Å². The van der Waals surface area contributed by atoms with Crippen LogP contribution in [0.3, 0.4) is 0 Å². The van der Waals surface area contributed by atoms with Crippen LogP contribution in [0.25, 0.3) is 0 Å². The van der Waals surface area contributed by atoms with E-state index in [1.165, 1.54) is 62.9 Å². The van der Waals surface area contributed by atoms with Gasteiger partial charge in [-0.3, -0.25) is 0 Å². The molecule has 0 spiro atoms. The molecule has 0 saturated heterocycles. The summed E-state index contributed by atoms with van der Waals surface area (Å²) in [5.41, 5.74) is 0.430. The second kappa shape index (κ2) is 21.8. The Balaban J connectivity index is 3.77. The first-order valence-corrected chi connectivity index (χ1v) is 15.4. The lowest BCUT2D eigenvalue weighted by molar-refractivity contribution is 0.228. The van der Waals surface area contributed by atoms with E-state index in [0.717, 1.165) is 13.0 Å². The molecule has 0 radical (unpaired) electrons. The van der Waals surface area contributed by atoms with Crippen LogP contribution in [0, 0.1) is 23.2 Å². The predicted molar refractivity (Wildman–Crippen MR) is 135 cm³/mol. The maximum absolute atomic E-state index is 8.78. The summed E-state index contributed by atoms with van der Waals surface area (Å²) in [5, 5.41) is 8.78. The fourth-order valence-corrected chi connectivity index (χ4v) is 7.57. The van der Waals surface area contributed by atoms with Gasteiger partial charge in [0.1, 0.15) is 0 Å². The van der Waals surface area contributed by atoms with Crippen molar-refractivity contribution in [3.63, 3.8) is 0 Å². The van der Waals surface area contributed by atoms with Gasteiger partial charge in [-0.05, 0) is 31.1 Å². The fourth-order valence-electron chi connectivity index (χ4n) is 3.30. The molecule has 29 heavy (non-hydrogen) atoms. The average molecular weight is 464 g/mol. The minimum atomic E-state index is -0.914. The predicted octanol–water partition coefficient (Wildman–Crippen LogP) is 8.84. The highest BCUT2D eigenvalue weighted by Gasteiger charge is 2.29. The third-order valence-corrected chi connectivity index (χ3v) is 9.93. The molecule has 6 heteroatoms. The topological polar surface area (TPSA) is 42.2 Å². The standard InChI is InChI=1S/C23H46NO2PS2/c1-6-7-8-10-13-19-28-29-20-14-11-9-12-17-25-27(26-18-15-16-24)23(21(2)3)22(4)5/h21-23H,6-15,17-20H2,1-5H3. The van der Waals surface area contributed by atoms with Gasteiger partial charge in [0.15, 0.2) is 8.38 Å². The highest BCUT2D eigenvalue weighted by molar-refractivity contribution is 8.76. The first kappa shape index (κ1) is 29.5. The van der Waals surface area contributed by atoms with E-state index in [2.05, 4.69) is 51.5 Å². The molecular formula is C23H46NO2PS2. The highest BCUT2D eigenvalue weighted by Crippen LogP contribution is 2.50. The van der Waals surface area contributed by atoms with Crippen molar-refractivity contribution in [2.45, 2.75) is 104 Å². The van der Waals surface area contributed by atoms with Crippen LogP contribution in [0.15, 0.2) is 0 Å². The number of hydrogen-bond acceptors (Lipinski definition) is 5. The number of rotatable bonds is 21. The fraction of sp³-hybridized carbons (Fsp3) is 0.957. The van der Waals surface area contributed by atoms with Gasteiger partial charge >= 0.3 is 0 Å². The van der Waals surface area contributed by atoms with Crippen LogP contribution in [0.2, 0.25) is 0 Å². The monoisotopic (exact) mass is 463 g/mol.